The molecule has 0 spiro atoms. The lowest BCUT2D eigenvalue weighted by Crippen LogP contribution is -2.10. The number of halogens is 3. The Morgan fingerprint density at radius 2 is 1.94 bits per heavy atom. The average Bonchev–Trinajstić information content (AvgIpc) is 2.60. The summed E-state index contributed by atoms with van der Waals surface area (Å²) in [6, 6.07) is 5.23. The molecule has 0 aliphatic carbocycles. The lowest BCUT2D eigenvalue weighted by molar-refractivity contribution is -0.136. The van der Waals surface area contributed by atoms with Crippen LogP contribution in [0, 0.1) is 0 Å². The first-order valence-corrected chi connectivity index (χ1v) is 6.18. The number of alkyl halides is 3. The van der Waals surface area contributed by atoms with Crippen LogP contribution in [0.1, 0.15) is 12.5 Å². The smallest absolute Gasteiger partial charge is 0.349 e. The van der Waals surface area contributed by atoms with Gasteiger partial charge in [0.2, 0.25) is 0 Å². The van der Waals surface area contributed by atoms with E-state index < -0.39 is 11.7 Å². The monoisotopic (exact) mass is 273 g/mol. The van der Waals surface area contributed by atoms with Gasteiger partial charge in [0, 0.05) is 5.57 Å². The first-order chi connectivity index (χ1) is 8.39. The van der Waals surface area contributed by atoms with Crippen molar-refractivity contribution in [2.45, 2.75) is 13.1 Å². The molecule has 96 valence electrons. The van der Waals surface area contributed by atoms with Crippen molar-refractivity contribution in [1.29, 1.82) is 0 Å². The van der Waals surface area contributed by atoms with Crippen molar-refractivity contribution in [3.63, 3.8) is 0 Å². The maximum Gasteiger partial charge on any atom is 0.418 e. The first-order valence-electron chi connectivity index (χ1n) is 5.19. The Morgan fingerprint density at radius 3 is 2.50 bits per heavy atom. The number of rotatable bonds is 2. The molecule has 0 saturated heterocycles. The van der Waals surface area contributed by atoms with E-state index in [9.17, 15) is 18.0 Å². The lowest BCUT2D eigenvalue weighted by atomic mass is 10.1. The number of Topliss-reactive ketones (excluding diaryl/α,β-unsaturated/α-hetero) is 1. The Hall–Kier alpha value is -1.43. The second kappa shape index (κ2) is 4.68. The van der Waals surface area contributed by atoms with E-state index in [2.05, 4.69) is 5.32 Å². The highest BCUT2D eigenvalue weighted by molar-refractivity contribution is 8.04. The standard InChI is InChI=1S/C12H10F3NOS/c1-7-10(17)6-18-11(7)16-9-5-3-2-4-8(9)12(13,14)15/h2-5,16H,6H2,1H3. The van der Waals surface area contributed by atoms with E-state index in [-0.39, 0.29) is 17.2 Å². The first kappa shape index (κ1) is 13.0. The van der Waals surface area contributed by atoms with Crippen LogP contribution in [0.4, 0.5) is 18.9 Å². The van der Waals surface area contributed by atoms with Gasteiger partial charge in [-0.3, -0.25) is 4.79 Å². The summed E-state index contributed by atoms with van der Waals surface area (Å²) in [5.74, 6) is 0.231. The van der Waals surface area contributed by atoms with Crippen LogP contribution in [0.2, 0.25) is 0 Å². The summed E-state index contributed by atoms with van der Waals surface area (Å²) in [6.07, 6.45) is -4.41. The van der Waals surface area contributed by atoms with Crippen LogP contribution in [-0.4, -0.2) is 11.5 Å². The molecular formula is C12H10F3NOS. The van der Waals surface area contributed by atoms with Gasteiger partial charge in [0.15, 0.2) is 5.78 Å². The van der Waals surface area contributed by atoms with Crippen LogP contribution in [0.25, 0.3) is 0 Å². The van der Waals surface area contributed by atoms with Crippen LogP contribution in [0.15, 0.2) is 34.9 Å². The molecule has 2 rings (SSSR count). The van der Waals surface area contributed by atoms with E-state index in [0.717, 1.165) is 6.07 Å². The van der Waals surface area contributed by atoms with Crippen molar-refractivity contribution in [3.05, 3.63) is 40.4 Å². The van der Waals surface area contributed by atoms with Gasteiger partial charge in [-0.05, 0) is 19.1 Å². The Kier molecular flexibility index (Phi) is 3.38. The summed E-state index contributed by atoms with van der Waals surface area (Å²) >= 11 is 1.22. The molecule has 6 heteroatoms. The van der Waals surface area contributed by atoms with Crippen molar-refractivity contribution in [2.75, 3.05) is 11.1 Å². The fourth-order valence-electron chi connectivity index (χ4n) is 1.57. The highest BCUT2D eigenvalue weighted by atomic mass is 32.2. The van der Waals surface area contributed by atoms with E-state index >= 15 is 0 Å². The molecule has 0 amide bonds. The van der Waals surface area contributed by atoms with Crippen molar-refractivity contribution in [1.82, 2.24) is 0 Å². The SMILES string of the molecule is CC1=C(Nc2ccccc2C(F)(F)F)SCC1=O. The number of nitrogens with one attached hydrogen (secondary N) is 1. The number of benzene rings is 1. The lowest BCUT2D eigenvalue weighted by Gasteiger charge is -2.14. The maximum absolute atomic E-state index is 12.8. The number of ketones is 1. The number of thioether (sulfide) groups is 1. The Bertz CT molecular complexity index is 522. The maximum atomic E-state index is 12.8. The predicted octanol–water partition coefficient (Wildman–Crippen LogP) is 3.66. The molecule has 1 aromatic carbocycles. The fraction of sp³-hybridized carbons (Fsp3) is 0.250. The molecule has 1 N–H and O–H groups in total. The average molecular weight is 273 g/mol. The fourth-order valence-corrected chi connectivity index (χ4v) is 2.58. The van der Waals surface area contributed by atoms with Crippen LogP contribution in [0.5, 0.6) is 0 Å². The molecule has 0 atom stereocenters. The van der Waals surface area contributed by atoms with E-state index in [1.54, 1.807) is 6.92 Å². The molecule has 1 aromatic rings. The molecule has 2 nitrogen and oxygen atoms in total. The minimum Gasteiger partial charge on any atom is -0.349 e. The third kappa shape index (κ3) is 2.53. The number of carbonyl (C=O) groups is 1. The minimum atomic E-state index is -4.41. The number of allylic oxidation sites excluding steroid dienone is 1. The zero-order valence-corrected chi connectivity index (χ0v) is 10.3. The summed E-state index contributed by atoms with van der Waals surface area (Å²) in [5, 5.41) is 3.19. The van der Waals surface area contributed by atoms with E-state index in [1.165, 1.54) is 30.0 Å². The van der Waals surface area contributed by atoms with Gasteiger partial charge in [0.05, 0.1) is 22.0 Å². The van der Waals surface area contributed by atoms with Crippen molar-refractivity contribution in [3.8, 4) is 0 Å². The third-order valence-electron chi connectivity index (χ3n) is 2.59. The largest absolute Gasteiger partial charge is 0.418 e. The highest BCUT2D eigenvalue weighted by Crippen LogP contribution is 2.37. The zero-order chi connectivity index (χ0) is 13.3. The minimum absolute atomic E-state index is 0.0263. The number of hydrogen-bond acceptors (Lipinski definition) is 3. The Morgan fingerprint density at radius 1 is 1.28 bits per heavy atom. The van der Waals surface area contributed by atoms with E-state index in [4.69, 9.17) is 0 Å². The zero-order valence-electron chi connectivity index (χ0n) is 9.47. The van der Waals surface area contributed by atoms with Gasteiger partial charge in [0.1, 0.15) is 0 Å². The van der Waals surface area contributed by atoms with Gasteiger partial charge in [-0.15, -0.1) is 0 Å². The van der Waals surface area contributed by atoms with Crippen molar-refractivity contribution < 1.29 is 18.0 Å². The van der Waals surface area contributed by atoms with Crippen LogP contribution in [-0.2, 0) is 11.0 Å². The molecule has 0 aromatic heterocycles. The topological polar surface area (TPSA) is 29.1 Å². The molecule has 1 aliphatic rings. The molecule has 1 aliphatic heterocycles. The van der Waals surface area contributed by atoms with Gasteiger partial charge in [-0.1, -0.05) is 23.9 Å². The van der Waals surface area contributed by atoms with Gasteiger partial charge in [0.25, 0.3) is 0 Å². The van der Waals surface area contributed by atoms with Gasteiger partial charge >= 0.3 is 6.18 Å². The molecule has 0 unspecified atom stereocenters. The molecule has 1 heterocycles. The number of carbonyl (C=O) groups excluding carboxylic acids is 1. The number of hydrogen-bond donors (Lipinski definition) is 1. The molecule has 18 heavy (non-hydrogen) atoms. The summed E-state index contributed by atoms with van der Waals surface area (Å²) < 4.78 is 38.3. The summed E-state index contributed by atoms with van der Waals surface area (Å²) in [6.45, 7) is 1.61. The Labute approximate surface area is 106 Å². The Balaban J connectivity index is 2.34. The second-order valence-electron chi connectivity index (χ2n) is 3.83. The molecule has 0 bridgehead atoms. The molecular weight excluding hydrogens is 263 g/mol. The quantitative estimate of drug-likeness (QED) is 0.891. The summed E-state index contributed by atoms with van der Waals surface area (Å²) in [5.41, 5.74) is -0.274. The summed E-state index contributed by atoms with van der Waals surface area (Å²) in [7, 11) is 0. The van der Waals surface area contributed by atoms with Gasteiger partial charge in [-0.25, -0.2) is 0 Å². The van der Waals surface area contributed by atoms with Crippen LogP contribution < -0.4 is 5.32 Å². The van der Waals surface area contributed by atoms with Gasteiger partial charge < -0.3 is 5.32 Å². The number of anilines is 1. The summed E-state index contributed by atoms with van der Waals surface area (Å²) in [4.78, 5) is 11.3. The molecule has 0 saturated carbocycles. The predicted molar refractivity (Wildman–Crippen MR) is 65.2 cm³/mol. The normalized spacial score (nSPS) is 16.3. The van der Waals surface area contributed by atoms with E-state index in [1.807, 2.05) is 0 Å². The van der Waals surface area contributed by atoms with E-state index in [0.29, 0.717) is 10.6 Å². The molecule has 0 fully saturated rings. The van der Waals surface area contributed by atoms with Crippen LogP contribution in [0.3, 0.4) is 0 Å². The van der Waals surface area contributed by atoms with Crippen LogP contribution >= 0.6 is 11.8 Å². The second-order valence-corrected chi connectivity index (χ2v) is 4.82. The van der Waals surface area contributed by atoms with Crippen molar-refractivity contribution in [2.24, 2.45) is 0 Å². The van der Waals surface area contributed by atoms with Crippen molar-refractivity contribution >= 4 is 23.2 Å². The highest BCUT2D eigenvalue weighted by Gasteiger charge is 2.33. The third-order valence-corrected chi connectivity index (χ3v) is 3.69. The van der Waals surface area contributed by atoms with Gasteiger partial charge in [-0.2, -0.15) is 13.2 Å². The number of para-hydroxylation sites is 1. The molecule has 0 radical (unpaired) electrons.